The minimum Gasteiger partial charge on any atom is -0.359 e. The van der Waals surface area contributed by atoms with Gasteiger partial charge in [-0.05, 0) is 44.4 Å². The molecule has 3 fully saturated rings. The minimum absolute atomic E-state index is 0.307. The molecule has 3 aliphatic rings. The first kappa shape index (κ1) is 12.8. The molecular formula is C15H26N2S. The second kappa shape index (κ2) is 4.73. The maximum absolute atomic E-state index is 5.07. The van der Waals surface area contributed by atoms with E-state index in [0.717, 1.165) is 5.92 Å². The molecule has 0 amide bonds. The van der Waals surface area contributed by atoms with Crippen LogP contribution >= 0.6 is 11.8 Å². The molecule has 0 aromatic heterocycles. The summed E-state index contributed by atoms with van der Waals surface area (Å²) in [4.78, 5) is 5.07. The van der Waals surface area contributed by atoms with Gasteiger partial charge in [-0.15, -0.1) is 0 Å². The first-order valence-electron chi connectivity index (χ1n) is 7.66. The Morgan fingerprint density at radius 3 is 2.78 bits per heavy atom. The van der Waals surface area contributed by atoms with Crippen LogP contribution in [0.15, 0.2) is 4.99 Å². The summed E-state index contributed by atoms with van der Waals surface area (Å²) in [5, 5.41) is 5.06. The number of rotatable bonds is 2. The van der Waals surface area contributed by atoms with E-state index in [2.05, 4.69) is 19.2 Å². The summed E-state index contributed by atoms with van der Waals surface area (Å²) in [5.74, 6) is 2.13. The highest BCUT2D eigenvalue weighted by Crippen LogP contribution is 2.42. The minimum atomic E-state index is 0.307. The molecule has 2 unspecified atom stereocenters. The van der Waals surface area contributed by atoms with Gasteiger partial charge in [0.25, 0.3) is 0 Å². The van der Waals surface area contributed by atoms with Gasteiger partial charge in [0.05, 0.1) is 5.54 Å². The van der Waals surface area contributed by atoms with Crippen LogP contribution in [0.1, 0.15) is 65.2 Å². The number of hydrogen-bond donors (Lipinski definition) is 1. The van der Waals surface area contributed by atoms with Crippen LogP contribution in [0.4, 0.5) is 0 Å². The zero-order chi connectivity index (χ0) is 12.6. The number of aliphatic imine (C=N–C) groups is 1. The molecule has 0 aromatic carbocycles. The molecule has 1 heterocycles. The molecule has 3 heteroatoms. The van der Waals surface area contributed by atoms with Crippen molar-refractivity contribution in [1.29, 1.82) is 0 Å². The summed E-state index contributed by atoms with van der Waals surface area (Å²) < 4.78 is 0. The molecule has 2 aliphatic carbocycles. The summed E-state index contributed by atoms with van der Waals surface area (Å²) in [7, 11) is 0. The Labute approximate surface area is 115 Å². The zero-order valence-electron chi connectivity index (χ0n) is 11.8. The molecule has 0 radical (unpaired) electrons. The van der Waals surface area contributed by atoms with E-state index in [1.165, 1.54) is 62.3 Å². The first-order chi connectivity index (χ1) is 8.65. The predicted octanol–water partition coefficient (Wildman–Crippen LogP) is 3.96. The van der Waals surface area contributed by atoms with Crippen molar-refractivity contribution in [3.05, 3.63) is 0 Å². The lowest BCUT2D eigenvalue weighted by atomic mass is 9.75. The average molecular weight is 266 g/mol. The van der Waals surface area contributed by atoms with E-state index in [4.69, 9.17) is 4.99 Å². The third-order valence-electron chi connectivity index (χ3n) is 5.23. The van der Waals surface area contributed by atoms with E-state index < -0.39 is 0 Å². The average Bonchev–Trinajstić information content (AvgIpc) is 2.66. The van der Waals surface area contributed by atoms with Crippen molar-refractivity contribution < 1.29 is 0 Å². The van der Waals surface area contributed by atoms with Crippen LogP contribution in [0.3, 0.4) is 0 Å². The van der Waals surface area contributed by atoms with Crippen molar-refractivity contribution in [2.24, 2.45) is 10.9 Å². The summed E-state index contributed by atoms with van der Waals surface area (Å²) in [6, 6.07) is 0. The summed E-state index contributed by atoms with van der Waals surface area (Å²) in [5.41, 5.74) is 0.695. The molecule has 2 saturated carbocycles. The Morgan fingerprint density at radius 1 is 1.33 bits per heavy atom. The van der Waals surface area contributed by atoms with Gasteiger partial charge in [-0.2, -0.15) is 0 Å². The van der Waals surface area contributed by atoms with Gasteiger partial charge in [-0.25, -0.2) is 0 Å². The lowest BCUT2D eigenvalue weighted by molar-refractivity contribution is 0.233. The lowest BCUT2D eigenvalue weighted by Gasteiger charge is -2.39. The summed E-state index contributed by atoms with van der Waals surface area (Å²) in [6.07, 6.45) is 10.7. The molecule has 0 aromatic rings. The molecule has 0 bridgehead atoms. The molecule has 1 saturated heterocycles. The van der Waals surface area contributed by atoms with Gasteiger partial charge in [0.1, 0.15) is 0 Å². The van der Waals surface area contributed by atoms with Gasteiger partial charge in [0.15, 0.2) is 5.17 Å². The molecule has 2 atom stereocenters. The van der Waals surface area contributed by atoms with Gasteiger partial charge in [0, 0.05) is 11.3 Å². The second-order valence-electron chi connectivity index (χ2n) is 6.74. The van der Waals surface area contributed by atoms with Crippen molar-refractivity contribution in [2.75, 3.05) is 5.75 Å². The van der Waals surface area contributed by atoms with Crippen LogP contribution in [-0.4, -0.2) is 22.0 Å². The molecule has 18 heavy (non-hydrogen) atoms. The first-order valence-corrected chi connectivity index (χ1v) is 8.65. The fourth-order valence-electron chi connectivity index (χ4n) is 3.82. The van der Waals surface area contributed by atoms with E-state index in [1.807, 2.05) is 11.8 Å². The van der Waals surface area contributed by atoms with Gasteiger partial charge in [-0.1, -0.05) is 38.5 Å². The standard InChI is InChI=1S/C15H26N2S/c1-3-14(8-5-9-14)16-13-17-15(11-18-13)7-4-6-12(2)10-15/h12H,3-11H2,1-2H3,(H,16,17). The van der Waals surface area contributed by atoms with E-state index in [0.29, 0.717) is 11.1 Å². The van der Waals surface area contributed by atoms with Crippen molar-refractivity contribution in [2.45, 2.75) is 76.3 Å². The van der Waals surface area contributed by atoms with Crippen molar-refractivity contribution in [1.82, 2.24) is 5.32 Å². The monoisotopic (exact) mass is 266 g/mol. The smallest absolute Gasteiger partial charge is 0.157 e. The maximum Gasteiger partial charge on any atom is 0.157 e. The normalized spacial score (nSPS) is 40.8. The fraction of sp³-hybridized carbons (Fsp3) is 0.933. The molecular weight excluding hydrogens is 240 g/mol. The Hall–Kier alpha value is -0.180. The molecule has 1 N–H and O–H groups in total. The topological polar surface area (TPSA) is 24.4 Å². The van der Waals surface area contributed by atoms with Gasteiger partial charge < -0.3 is 5.32 Å². The highest BCUT2D eigenvalue weighted by molar-refractivity contribution is 8.14. The highest BCUT2D eigenvalue weighted by atomic mass is 32.2. The van der Waals surface area contributed by atoms with Crippen LogP contribution in [-0.2, 0) is 0 Å². The van der Waals surface area contributed by atoms with Crippen molar-refractivity contribution in [3.8, 4) is 0 Å². The van der Waals surface area contributed by atoms with Crippen molar-refractivity contribution >= 4 is 16.9 Å². The van der Waals surface area contributed by atoms with E-state index in [1.54, 1.807) is 0 Å². The van der Waals surface area contributed by atoms with E-state index in [-0.39, 0.29) is 0 Å². The van der Waals surface area contributed by atoms with E-state index in [9.17, 15) is 0 Å². The van der Waals surface area contributed by atoms with E-state index >= 15 is 0 Å². The third-order valence-corrected chi connectivity index (χ3v) is 6.39. The third kappa shape index (κ3) is 2.31. The van der Waals surface area contributed by atoms with Crippen LogP contribution in [0.5, 0.6) is 0 Å². The summed E-state index contributed by atoms with van der Waals surface area (Å²) in [6.45, 7) is 4.70. The van der Waals surface area contributed by atoms with Crippen LogP contribution in [0.25, 0.3) is 0 Å². The van der Waals surface area contributed by atoms with Crippen molar-refractivity contribution in [3.63, 3.8) is 0 Å². The van der Waals surface area contributed by atoms with Gasteiger partial charge >= 0.3 is 0 Å². The number of thioether (sulfide) groups is 1. The number of nitrogens with one attached hydrogen (secondary N) is 1. The maximum atomic E-state index is 5.07. The summed E-state index contributed by atoms with van der Waals surface area (Å²) >= 11 is 1.98. The molecule has 1 aliphatic heterocycles. The lowest BCUT2D eigenvalue weighted by Crippen LogP contribution is -2.48. The number of nitrogens with zero attached hydrogens (tertiary/aromatic N) is 1. The Morgan fingerprint density at radius 2 is 2.17 bits per heavy atom. The van der Waals surface area contributed by atoms with Gasteiger partial charge in [-0.3, -0.25) is 4.99 Å². The fourth-order valence-corrected chi connectivity index (χ4v) is 5.11. The number of amidine groups is 1. The van der Waals surface area contributed by atoms with Gasteiger partial charge in [0.2, 0.25) is 0 Å². The Kier molecular flexibility index (Phi) is 3.38. The SMILES string of the molecule is CCC1(N=C2NC3(CCCC(C)C3)CS2)CCC1. The highest BCUT2D eigenvalue weighted by Gasteiger charge is 2.42. The Bertz CT molecular complexity index is 343. The second-order valence-corrected chi connectivity index (χ2v) is 7.71. The molecule has 1 spiro atoms. The van der Waals surface area contributed by atoms with Crippen LogP contribution in [0.2, 0.25) is 0 Å². The quantitative estimate of drug-likeness (QED) is 0.818. The zero-order valence-corrected chi connectivity index (χ0v) is 12.6. The molecule has 3 rings (SSSR count). The number of hydrogen-bond acceptors (Lipinski definition) is 2. The Balaban J connectivity index is 1.69. The van der Waals surface area contributed by atoms with Crippen LogP contribution in [0, 0.1) is 5.92 Å². The molecule has 102 valence electrons. The van der Waals surface area contributed by atoms with Crippen LogP contribution < -0.4 is 5.32 Å². The predicted molar refractivity (Wildman–Crippen MR) is 80.3 cm³/mol. The molecule has 2 nitrogen and oxygen atoms in total. The largest absolute Gasteiger partial charge is 0.359 e.